The van der Waals surface area contributed by atoms with Crippen molar-refractivity contribution >= 4 is 11.8 Å². The Hall–Kier alpha value is -1.39. The van der Waals surface area contributed by atoms with Gasteiger partial charge in [0.2, 0.25) is 0 Å². The van der Waals surface area contributed by atoms with Crippen molar-refractivity contribution in [2.24, 2.45) is 0 Å². The Balaban J connectivity index is 2.30. The summed E-state index contributed by atoms with van der Waals surface area (Å²) >= 11 is 1.31. The van der Waals surface area contributed by atoms with Crippen LogP contribution in [0.2, 0.25) is 0 Å². The van der Waals surface area contributed by atoms with E-state index in [9.17, 15) is 13.9 Å². The molecule has 0 aliphatic heterocycles. The summed E-state index contributed by atoms with van der Waals surface area (Å²) in [4.78, 5) is 1.46. The molecule has 19 heavy (non-hydrogen) atoms. The van der Waals surface area contributed by atoms with Crippen LogP contribution in [0, 0.1) is 11.6 Å². The number of halogens is 2. The lowest BCUT2D eigenvalue weighted by Crippen LogP contribution is -1.97. The minimum absolute atomic E-state index is 0.547. The van der Waals surface area contributed by atoms with Gasteiger partial charge in [-0.15, -0.1) is 0 Å². The smallest absolute Gasteiger partial charge is 0.159 e. The van der Waals surface area contributed by atoms with Crippen molar-refractivity contribution in [2.45, 2.75) is 29.2 Å². The van der Waals surface area contributed by atoms with E-state index in [1.165, 1.54) is 17.8 Å². The van der Waals surface area contributed by atoms with Gasteiger partial charge in [0.05, 0.1) is 6.10 Å². The van der Waals surface area contributed by atoms with Gasteiger partial charge in [-0.25, -0.2) is 8.78 Å². The van der Waals surface area contributed by atoms with Gasteiger partial charge in [0.25, 0.3) is 0 Å². The maximum absolute atomic E-state index is 13.2. The molecule has 1 atom stereocenters. The summed E-state index contributed by atoms with van der Waals surface area (Å²) in [6, 6.07) is 11.2. The van der Waals surface area contributed by atoms with E-state index in [2.05, 4.69) is 0 Å². The van der Waals surface area contributed by atoms with E-state index in [0.717, 1.165) is 22.6 Å². The fourth-order valence-electron chi connectivity index (χ4n) is 1.74. The molecule has 0 bridgehead atoms. The predicted octanol–water partition coefficient (Wildman–Crippen LogP) is 4.56. The third-order valence-corrected chi connectivity index (χ3v) is 3.86. The summed E-state index contributed by atoms with van der Waals surface area (Å²) in [6.45, 7) is 1.89. The van der Waals surface area contributed by atoms with Crippen LogP contribution in [0.1, 0.15) is 25.0 Å². The van der Waals surface area contributed by atoms with E-state index in [1.54, 1.807) is 0 Å². The summed E-state index contributed by atoms with van der Waals surface area (Å²) in [7, 11) is 0. The van der Waals surface area contributed by atoms with Gasteiger partial charge in [0.15, 0.2) is 11.6 Å². The number of hydrogen-bond donors (Lipinski definition) is 1. The number of aliphatic hydroxyl groups is 1. The van der Waals surface area contributed by atoms with Crippen molar-refractivity contribution in [3.05, 3.63) is 59.7 Å². The van der Waals surface area contributed by atoms with Crippen LogP contribution in [0.25, 0.3) is 0 Å². The van der Waals surface area contributed by atoms with Crippen molar-refractivity contribution in [3.63, 3.8) is 0 Å². The molecule has 0 amide bonds. The Kier molecular flexibility index (Phi) is 4.56. The largest absolute Gasteiger partial charge is 0.388 e. The first-order valence-corrected chi connectivity index (χ1v) is 6.83. The highest BCUT2D eigenvalue weighted by molar-refractivity contribution is 7.99. The molecule has 2 aromatic carbocycles. The van der Waals surface area contributed by atoms with Crippen molar-refractivity contribution in [2.75, 3.05) is 0 Å². The molecule has 0 aliphatic rings. The molecule has 2 rings (SSSR count). The summed E-state index contributed by atoms with van der Waals surface area (Å²) in [5, 5.41) is 9.94. The quantitative estimate of drug-likeness (QED) is 0.886. The Labute approximate surface area is 115 Å². The standard InChI is InChI=1S/C15H14F2OS/c1-2-14(18)11-5-3-4-6-15(11)19-10-7-8-12(16)13(17)9-10/h3-9,14,18H,2H2,1H3. The van der Waals surface area contributed by atoms with Crippen LogP contribution in [-0.2, 0) is 0 Å². The molecule has 0 fully saturated rings. The molecule has 2 aromatic rings. The zero-order valence-corrected chi connectivity index (χ0v) is 11.3. The Morgan fingerprint density at radius 3 is 2.53 bits per heavy atom. The van der Waals surface area contributed by atoms with Gasteiger partial charge in [-0.3, -0.25) is 0 Å². The van der Waals surface area contributed by atoms with Crippen LogP contribution in [0.5, 0.6) is 0 Å². The van der Waals surface area contributed by atoms with Crippen molar-refractivity contribution in [1.29, 1.82) is 0 Å². The summed E-state index contributed by atoms with van der Waals surface area (Å²) in [5.41, 5.74) is 0.805. The lowest BCUT2D eigenvalue weighted by molar-refractivity contribution is 0.171. The molecule has 0 heterocycles. The Bertz CT molecular complexity index is 572. The number of hydrogen-bond acceptors (Lipinski definition) is 2. The lowest BCUT2D eigenvalue weighted by atomic mass is 10.1. The van der Waals surface area contributed by atoms with E-state index in [-0.39, 0.29) is 0 Å². The highest BCUT2D eigenvalue weighted by Gasteiger charge is 2.12. The minimum atomic E-state index is -0.862. The van der Waals surface area contributed by atoms with Gasteiger partial charge in [0, 0.05) is 9.79 Å². The van der Waals surface area contributed by atoms with Crippen LogP contribution in [-0.4, -0.2) is 5.11 Å². The fourth-order valence-corrected chi connectivity index (χ4v) is 2.76. The topological polar surface area (TPSA) is 20.2 Å². The molecule has 4 heteroatoms. The van der Waals surface area contributed by atoms with E-state index >= 15 is 0 Å². The van der Waals surface area contributed by atoms with Crippen LogP contribution < -0.4 is 0 Å². The molecule has 0 aliphatic carbocycles. The van der Waals surface area contributed by atoms with Gasteiger partial charge < -0.3 is 5.11 Å². The molecule has 0 saturated heterocycles. The first kappa shape index (κ1) is 14.0. The van der Waals surface area contributed by atoms with E-state index in [1.807, 2.05) is 31.2 Å². The molecule has 0 spiro atoms. The van der Waals surface area contributed by atoms with E-state index in [4.69, 9.17) is 0 Å². The average Bonchev–Trinajstić information content (AvgIpc) is 2.43. The maximum atomic E-state index is 13.2. The van der Waals surface area contributed by atoms with Crippen molar-refractivity contribution in [1.82, 2.24) is 0 Å². The molecule has 0 radical (unpaired) electrons. The summed E-state index contributed by atoms with van der Waals surface area (Å²) < 4.78 is 26.0. The van der Waals surface area contributed by atoms with Gasteiger partial charge in [-0.05, 0) is 36.2 Å². The molecule has 100 valence electrons. The minimum Gasteiger partial charge on any atom is -0.388 e. The number of aliphatic hydroxyl groups excluding tert-OH is 1. The van der Waals surface area contributed by atoms with Gasteiger partial charge >= 0.3 is 0 Å². The van der Waals surface area contributed by atoms with Crippen LogP contribution in [0.15, 0.2) is 52.3 Å². The molecular weight excluding hydrogens is 266 g/mol. The zero-order valence-electron chi connectivity index (χ0n) is 10.4. The molecule has 1 N–H and O–H groups in total. The zero-order chi connectivity index (χ0) is 13.8. The second-order valence-corrected chi connectivity index (χ2v) is 5.26. The molecular formula is C15H14F2OS. The van der Waals surface area contributed by atoms with Gasteiger partial charge in [-0.1, -0.05) is 36.9 Å². The summed E-state index contributed by atoms with van der Waals surface area (Å²) in [5.74, 6) is -1.72. The third kappa shape index (κ3) is 3.33. The SMILES string of the molecule is CCC(O)c1ccccc1Sc1ccc(F)c(F)c1. The monoisotopic (exact) mass is 280 g/mol. The Morgan fingerprint density at radius 2 is 1.84 bits per heavy atom. The predicted molar refractivity (Wildman–Crippen MR) is 72.2 cm³/mol. The highest BCUT2D eigenvalue weighted by Crippen LogP contribution is 2.34. The van der Waals surface area contributed by atoms with Crippen molar-refractivity contribution < 1.29 is 13.9 Å². The van der Waals surface area contributed by atoms with Gasteiger partial charge in [-0.2, -0.15) is 0 Å². The molecule has 0 aromatic heterocycles. The molecule has 1 nitrogen and oxygen atoms in total. The van der Waals surface area contributed by atoms with Crippen LogP contribution in [0.4, 0.5) is 8.78 Å². The normalized spacial score (nSPS) is 12.4. The maximum Gasteiger partial charge on any atom is 0.159 e. The second-order valence-electron chi connectivity index (χ2n) is 4.14. The molecule has 1 unspecified atom stereocenters. The average molecular weight is 280 g/mol. The summed E-state index contributed by atoms with van der Waals surface area (Å²) in [6.07, 6.45) is 0.0593. The van der Waals surface area contributed by atoms with Crippen molar-refractivity contribution in [3.8, 4) is 0 Å². The Morgan fingerprint density at radius 1 is 1.11 bits per heavy atom. The number of rotatable bonds is 4. The van der Waals surface area contributed by atoms with E-state index < -0.39 is 17.7 Å². The lowest BCUT2D eigenvalue weighted by Gasteiger charge is -2.13. The number of benzene rings is 2. The first-order chi connectivity index (χ1) is 9.11. The second kappa shape index (κ2) is 6.17. The fraction of sp³-hybridized carbons (Fsp3) is 0.200. The van der Waals surface area contributed by atoms with Gasteiger partial charge in [0.1, 0.15) is 0 Å². The third-order valence-electron chi connectivity index (χ3n) is 2.78. The van der Waals surface area contributed by atoms with Crippen LogP contribution in [0.3, 0.4) is 0 Å². The highest BCUT2D eigenvalue weighted by atomic mass is 32.2. The molecule has 0 saturated carbocycles. The van der Waals surface area contributed by atoms with E-state index in [0.29, 0.717) is 11.3 Å². The first-order valence-electron chi connectivity index (χ1n) is 6.01. The van der Waals surface area contributed by atoms with Crippen LogP contribution >= 0.6 is 11.8 Å².